The average molecular weight is 412 g/mol. The number of halogens is 2. The second-order valence-corrected chi connectivity index (χ2v) is 7.41. The van der Waals surface area contributed by atoms with Crippen molar-refractivity contribution in [2.75, 3.05) is 19.8 Å². The van der Waals surface area contributed by atoms with Gasteiger partial charge in [-0.05, 0) is 63.0 Å². The predicted octanol–water partition coefficient (Wildman–Crippen LogP) is 3.60. The van der Waals surface area contributed by atoms with Gasteiger partial charge in [0.15, 0.2) is 11.5 Å². The molecule has 0 spiro atoms. The van der Waals surface area contributed by atoms with Crippen LogP contribution in [0.4, 0.5) is 10.3 Å². The van der Waals surface area contributed by atoms with Gasteiger partial charge >= 0.3 is 0 Å². The molecule has 0 fully saturated rings. The summed E-state index contributed by atoms with van der Waals surface area (Å²) in [5.74, 6) is 0.471. The van der Waals surface area contributed by atoms with E-state index in [2.05, 4.69) is 15.1 Å². The van der Waals surface area contributed by atoms with E-state index in [-0.39, 0.29) is 11.8 Å². The fraction of sp³-hybridized carbons (Fsp3) is 0.200. The molecule has 0 saturated carbocycles. The van der Waals surface area contributed by atoms with E-state index in [0.717, 1.165) is 11.3 Å². The van der Waals surface area contributed by atoms with Crippen molar-refractivity contribution in [1.82, 2.24) is 29.5 Å². The third-order valence-electron chi connectivity index (χ3n) is 4.34. The van der Waals surface area contributed by atoms with Crippen LogP contribution in [0.5, 0.6) is 0 Å². The fourth-order valence-electron chi connectivity index (χ4n) is 3.20. The molecule has 0 radical (unpaired) electrons. The molecule has 0 unspecified atom stereocenters. The van der Waals surface area contributed by atoms with Gasteiger partial charge in [-0.15, -0.1) is 5.10 Å². The maximum Gasteiger partial charge on any atom is 0.223 e. The largest absolute Gasteiger partial charge is 0.368 e. The summed E-state index contributed by atoms with van der Waals surface area (Å²) in [6.07, 6.45) is 0. The van der Waals surface area contributed by atoms with Gasteiger partial charge in [-0.3, -0.25) is 0 Å². The Morgan fingerprint density at radius 3 is 2.45 bits per heavy atom. The van der Waals surface area contributed by atoms with E-state index in [1.807, 2.05) is 32.0 Å². The first-order valence-electron chi connectivity index (χ1n) is 8.92. The van der Waals surface area contributed by atoms with E-state index < -0.39 is 0 Å². The highest BCUT2D eigenvalue weighted by Gasteiger charge is 2.21. The van der Waals surface area contributed by atoms with Crippen molar-refractivity contribution in [2.45, 2.75) is 13.5 Å². The number of aryl methyl sites for hydroxylation is 1. The summed E-state index contributed by atoms with van der Waals surface area (Å²) < 4.78 is 15.0. The van der Waals surface area contributed by atoms with Crippen LogP contribution in [0.2, 0.25) is 5.15 Å². The van der Waals surface area contributed by atoms with Gasteiger partial charge in [-0.25, -0.2) is 19.3 Å². The Bertz CT molecular complexity index is 1180. The summed E-state index contributed by atoms with van der Waals surface area (Å²) in [7, 11) is 3.87. The maximum absolute atomic E-state index is 13.5. The Labute approximate surface area is 172 Å². The molecule has 0 aliphatic rings. The lowest BCUT2D eigenvalue weighted by Crippen LogP contribution is -2.12. The number of fused-ring (bicyclic) bond motifs is 1. The summed E-state index contributed by atoms with van der Waals surface area (Å²) in [5.41, 5.74) is 10.3. The van der Waals surface area contributed by atoms with Gasteiger partial charge in [0, 0.05) is 11.3 Å². The first-order chi connectivity index (χ1) is 13.8. The zero-order chi connectivity index (χ0) is 20.7. The molecule has 0 aliphatic heterocycles. The number of nitrogens with two attached hydrogens (primary N) is 1. The van der Waals surface area contributed by atoms with Crippen LogP contribution >= 0.6 is 11.6 Å². The van der Waals surface area contributed by atoms with E-state index >= 15 is 0 Å². The predicted molar refractivity (Wildman–Crippen MR) is 111 cm³/mol. The van der Waals surface area contributed by atoms with Gasteiger partial charge in [0.25, 0.3) is 0 Å². The summed E-state index contributed by atoms with van der Waals surface area (Å²) >= 11 is 6.22. The van der Waals surface area contributed by atoms with Gasteiger partial charge in [-0.1, -0.05) is 11.6 Å². The summed E-state index contributed by atoms with van der Waals surface area (Å²) in [5, 5.41) is 4.85. The third-order valence-corrected chi connectivity index (χ3v) is 4.53. The minimum atomic E-state index is -0.331. The number of hydrogen-bond donors (Lipinski definition) is 1. The van der Waals surface area contributed by atoms with E-state index in [1.54, 1.807) is 18.2 Å². The van der Waals surface area contributed by atoms with Gasteiger partial charge in [-0.2, -0.15) is 4.52 Å². The molecule has 3 heterocycles. The zero-order valence-corrected chi connectivity index (χ0v) is 16.9. The molecule has 2 N–H and O–H groups in total. The van der Waals surface area contributed by atoms with Crippen LogP contribution in [0.3, 0.4) is 0 Å². The summed E-state index contributed by atoms with van der Waals surface area (Å²) in [6, 6.07) is 9.72. The Morgan fingerprint density at radius 2 is 1.79 bits per heavy atom. The first kappa shape index (κ1) is 19.2. The smallest absolute Gasteiger partial charge is 0.223 e. The molecule has 29 heavy (non-hydrogen) atoms. The van der Waals surface area contributed by atoms with Crippen LogP contribution in [0.25, 0.3) is 28.0 Å². The molecule has 0 aliphatic carbocycles. The van der Waals surface area contributed by atoms with Crippen molar-refractivity contribution < 1.29 is 4.39 Å². The Hall–Kier alpha value is -3.10. The summed E-state index contributed by atoms with van der Waals surface area (Å²) in [4.78, 5) is 15.5. The second-order valence-electron chi connectivity index (χ2n) is 7.02. The molecule has 0 amide bonds. The lowest BCUT2D eigenvalue weighted by atomic mass is 10.00. The van der Waals surface area contributed by atoms with Gasteiger partial charge in [0.2, 0.25) is 5.95 Å². The van der Waals surface area contributed by atoms with Crippen molar-refractivity contribution in [3.63, 3.8) is 0 Å². The van der Waals surface area contributed by atoms with Crippen molar-refractivity contribution >= 4 is 23.2 Å². The highest BCUT2D eigenvalue weighted by atomic mass is 35.5. The molecular formula is C20H19ClFN7. The number of hydrogen-bond acceptors (Lipinski definition) is 6. The number of aromatic nitrogens is 5. The lowest BCUT2D eigenvalue weighted by Gasteiger charge is -2.12. The Morgan fingerprint density at radius 1 is 1.07 bits per heavy atom. The molecule has 0 atom stereocenters. The molecule has 4 rings (SSSR count). The first-order valence-corrected chi connectivity index (χ1v) is 9.30. The van der Waals surface area contributed by atoms with Crippen molar-refractivity contribution in [1.29, 1.82) is 0 Å². The minimum absolute atomic E-state index is 0.192. The molecule has 7 nitrogen and oxygen atoms in total. The number of benzene rings is 1. The SMILES string of the molecule is Cc1cc(-c2c(-c3ccc(F)cc3)nc(N)n3nc(CN(C)C)nc23)cc(Cl)n1. The Balaban J connectivity index is 2.06. The van der Waals surface area contributed by atoms with E-state index in [0.29, 0.717) is 40.0 Å². The quantitative estimate of drug-likeness (QED) is 0.516. The molecule has 0 bridgehead atoms. The van der Waals surface area contributed by atoms with Crippen LogP contribution in [-0.4, -0.2) is 43.6 Å². The standard InChI is InChI=1S/C20H19ClFN7/c1-11-8-13(9-15(21)24-11)17-18(12-4-6-14(22)7-5-12)26-20(23)29-19(17)25-16(27-29)10-28(2)3/h4-9H,10H2,1-3H3,(H2,23,26). The number of pyridine rings is 1. The minimum Gasteiger partial charge on any atom is -0.368 e. The molecular weight excluding hydrogens is 393 g/mol. The highest BCUT2D eigenvalue weighted by Crippen LogP contribution is 2.36. The van der Waals surface area contributed by atoms with E-state index in [9.17, 15) is 4.39 Å². The van der Waals surface area contributed by atoms with E-state index in [4.69, 9.17) is 22.3 Å². The van der Waals surface area contributed by atoms with Crippen molar-refractivity contribution in [3.05, 3.63) is 58.9 Å². The van der Waals surface area contributed by atoms with Crippen LogP contribution in [0.15, 0.2) is 36.4 Å². The fourth-order valence-corrected chi connectivity index (χ4v) is 3.46. The molecule has 4 aromatic rings. The van der Waals surface area contributed by atoms with Crippen LogP contribution in [0, 0.1) is 12.7 Å². The zero-order valence-electron chi connectivity index (χ0n) is 16.2. The molecule has 1 aromatic carbocycles. The average Bonchev–Trinajstić information content (AvgIpc) is 3.04. The normalized spacial score (nSPS) is 11.5. The van der Waals surface area contributed by atoms with Crippen LogP contribution < -0.4 is 5.73 Å². The number of anilines is 1. The third kappa shape index (κ3) is 3.76. The van der Waals surface area contributed by atoms with E-state index in [1.165, 1.54) is 16.6 Å². The van der Waals surface area contributed by atoms with Crippen LogP contribution in [-0.2, 0) is 6.54 Å². The maximum atomic E-state index is 13.5. The number of rotatable bonds is 4. The molecule has 148 valence electrons. The second kappa shape index (κ2) is 7.38. The van der Waals surface area contributed by atoms with Crippen molar-refractivity contribution in [2.24, 2.45) is 0 Å². The summed E-state index contributed by atoms with van der Waals surface area (Å²) in [6.45, 7) is 2.40. The van der Waals surface area contributed by atoms with Gasteiger partial charge in [0.1, 0.15) is 11.0 Å². The number of nitrogens with zero attached hydrogens (tertiary/aromatic N) is 6. The van der Waals surface area contributed by atoms with Gasteiger partial charge < -0.3 is 10.6 Å². The van der Waals surface area contributed by atoms with Crippen LogP contribution in [0.1, 0.15) is 11.5 Å². The monoisotopic (exact) mass is 411 g/mol. The molecule has 0 saturated heterocycles. The van der Waals surface area contributed by atoms with Gasteiger partial charge in [0.05, 0.1) is 17.8 Å². The lowest BCUT2D eigenvalue weighted by molar-refractivity contribution is 0.390. The topological polar surface area (TPSA) is 85.2 Å². The highest BCUT2D eigenvalue weighted by molar-refractivity contribution is 6.29. The molecule has 3 aromatic heterocycles. The Kier molecular flexibility index (Phi) is 4.89. The van der Waals surface area contributed by atoms with Crippen molar-refractivity contribution in [3.8, 4) is 22.4 Å². The molecule has 9 heteroatoms. The number of nitrogen functional groups attached to an aromatic ring is 1.